The molecule has 0 saturated carbocycles. The molecule has 74 valence electrons. The molecule has 3 heteroatoms. The lowest BCUT2D eigenvalue weighted by atomic mass is 10.2. The molecular formula is C10H16O2S. The molecule has 0 aliphatic carbocycles. The maximum Gasteiger partial charge on any atom is 0.0728 e. The first-order valence-electron chi connectivity index (χ1n) is 4.57. The molecule has 0 aliphatic rings. The first-order chi connectivity index (χ1) is 6.38. The lowest BCUT2D eigenvalue weighted by Crippen LogP contribution is -1.97. The van der Waals surface area contributed by atoms with Gasteiger partial charge < -0.3 is 9.47 Å². The molecule has 0 spiro atoms. The Morgan fingerprint density at radius 1 is 1.00 bits per heavy atom. The van der Waals surface area contributed by atoms with Crippen LogP contribution in [0.3, 0.4) is 0 Å². The summed E-state index contributed by atoms with van der Waals surface area (Å²) in [5.74, 6) is 0. The van der Waals surface area contributed by atoms with Gasteiger partial charge in [-0.15, -0.1) is 0 Å². The summed E-state index contributed by atoms with van der Waals surface area (Å²) >= 11 is 1.71. The van der Waals surface area contributed by atoms with Crippen LogP contribution in [0, 0.1) is 0 Å². The molecular weight excluding hydrogens is 184 g/mol. The fraction of sp³-hybridized carbons (Fsp3) is 0.600. The van der Waals surface area contributed by atoms with Crippen molar-refractivity contribution in [1.82, 2.24) is 0 Å². The van der Waals surface area contributed by atoms with Gasteiger partial charge >= 0.3 is 0 Å². The normalized spacial score (nSPS) is 10.6. The SMILES string of the molecule is CCOCc1cscc1COCC. The molecule has 0 fully saturated rings. The number of hydrogen-bond acceptors (Lipinski definition) is 3. The second-order valence-corrected chi connectivity index (χ2v) is 3.44. The molecule has 0 atom stereocenters. The summed E-state index contributed by atoms with van der Waals surface area (Å²) in [5, 5.41) is 4.26. The minimum absolute atomic E-state index is 0.711. The van der Waals surface area contributed by atoms with E-state index in [2.05, 4.69) is 10.8 Å². The zero-order valence-electron chi connectivity index (χ0n) is 8.21. The van der Waals surface area contributed by atoms with Crippen molar-refractivity contribution in [3.8, 4) is 0 Å². The van der Waals surface area contributed by atoms with Gasteiger partial charge in [-0.05, 0) is 35.7 Å². The molecule has 0 aliphatic heterocycles. The molecule has 0 N–H and O–H groups in total. The van der Waals surface area contributed by atoms with Crippen molar-refractivity contribution in [1.29, 1.82) is 0 Å². The topological polar surface area (TPSA) is 18.5 Å². The molecule has 0 amide bonds. The van der Waals surface area contributed by atoms with E-state index in [1.54, 1.807) is 11.3 Å². The summed E-state index contributed by atoms with van der Waals surface area (Å²) in [5.41, 5.74) is 2.53. The fourth-order valence-electron chi connectivity index (χ4n) is 1.03. The number of thiophene rings is 1. The van der Waals surface area contributed by atoms with Crippen LogP contribution in [-0.4, -0.2) is 13.2 Å². The predicted molar refractivity (Wildman–Crippen MR) is 55.0 cm³/mol. The van der Waals surface area contributed by atoms with Crippen molar-refractivity contribution in [2.45, 2.75) is 27.1 Å². The van der Waals surface area contributed by atoms with Crippen molar-refractivity contribution in [2.24, 2.45) is 0 Å². The highest BCUT2D eigenvalue weighted by Gasteiger charge is 2.02. The zero-order chi connectivity index (χ0) is 9.52. The van der Waals surface area contributed by atoms with Crippen LogP contribution in [0.4, 0.5) is 0 Å². The lowest BCUT2D eigenvalue weighted by Gasteiger charge is -2.03. The van der Waals surface area contributed by atoms with Crippen molar-refractivity contribution >= 4 is 11.3 Å². The second-order valence-electron chi connectivity index (χ2n) is 2.70. The van der Waals surface area contributed by atoms with Gasteiger partial charge in [-0.1, -0.05) is 0 Å². The van der Waals surface area contributed by atoms with Gasteiger partial charge in [0.15, 0.2) is 0 Å². The summed E-state index contributed by atoms with van der Waals surface area (Å²) in [6.07, 6.45) is 0. The highest BCUT2D eigenvalue weighted by molar-refractivity contribution is 7.08. The third-order valence-corrected chi connectivity index (χ3v) is 2.60. The molecule has 1 heterocycles. The molecule has 2 nitrogen and oxygen atoms in total. The van der Waals surface area contributed by atoms with Gasteiger partial charge in [0.25, 0.3) is 0 Å². The summed E-state index contributed by atoms with van der Waals surface area (Å²) < 4.78 is 10.7. The van der Waals surface area contributed by atoms with E-state index >= 15 is 0 Å². The summed E-state index contributed by atoms with van der Waals surface area (Å²) in [7, 11) is 0. The first kappa shape index (κ1) is 10.7. The number of hydrogen-bond donors (Lipinski definition) is 0. The van der Waals surface area contributed by atoms with E-state index < -0.39 is 0 Å². The van der Waals surface area contributed by atoms with Crippen LogP contribution in [0.25, 0.3) is 0 Å². The van der Waals surface area contributed by atoms with E-state index in [1.807, 2.05) is 13.8 Å². The standard InChI is InChI=1S/C10H16O2S/c1-3-11-5-9-7-13-8-10(9)6-12-4-2/h7-8H,3-6H2,1-2H3. The van der Waals surface area contributed by atoms with Crippen LogP contribution in [0.15, 0.2) is 10.8 Å². The highest BCUT2D eigenvalue weighted by Crippen LogP contribution is 2.17. The third kappa shape index (κ3) is 3.46. The third-order valence-electron chi connectivity index (χ3n) is 1.76. The summed E-state index contributed by atoms with van der Waals surface area (Å²) in [4.78, 5) is 0. The Kier molecular flexibility index (Phi) is 5.05. The van der Waals surface area contributed by atoms with Crippen molar-refractivity contribution in [3.63, 3.8) is 0 Å². The Bertz CT molecular complexity index is 210. The van der Waals surface area contributed by atoms with Gasteiger partial charge in [0, 0.05) is 13.2 Å². The summed E-state index contributed by atoms with van der Waals surface area (Å²) in [6, 6.07) is 0. The summed E-state index contributed by atoms with van der Waals surface area (Å²) in [6.45, 7) is 6.97. The van der Waals surface area contributed by atoms with E-state index in [4.69, 9.17) is 9.47 Å². The molecule has 0 aromatic carbocycles. The first-order valence-corrected chi connectivity index (χ1v) is 5.52. The van der Waals surface area contributed by atoms with Gasteiger partial charge in [-0.2, -0.15) is 11.3 Å². The van der Waals surface area contributed by atoms with Crippen molar-refractivity contribution < 1.29 is 9.47 Å². The quantitative estimate of drug-likeness (QED) is 0.703. The molecule has 0 radical (unpaired) electrons. The molecule has 13 heavy (non-hydrogen) atoms. The Labute approximate surface area is 83.5 Å². The van der Waals surface area contributed by atoms with Crippen LogP contribution in [0.2, 0.25) is 0 Å². The van der Waals surface area contributed by atoms with Gasteiger partial charge in [-0.3, -0.25) is 0 Å². The average molecular weight is 200 g/mol. The van der Waals surface area contributed by atoms with Crippen molar-refractivity contribution in [2.75, 3.05) is 13.2 Å². The van der Waals surface area contributed by atoms with Gasteiger partial charge in [-0.25, -0.2) is 0 Å². The van der Waals surface area contributed by atoms with Crippen molar-refractivity contribution in [3.05, 3.63) is 21.9 Å². The van der Waals surface area contributed by atoms with Gasteiger partial charge in [0.1, 0.15) is 0 Å². The van der Waals surface area contributed by atoms with Gasteiger partial charge in [0.2, 0.25) is 0 Å². The monoisotopic (exact) mass is 200 g/mol. The van der Waals surface area contributed by atoms with E-state index in [1.165, 1.54) is 11.1 Å². The fourth-order valence-corrected chi connectivity index (χ4v) is 1.86. The smallest absolute Gasteiger partial charge is 0.0728 e. The van der Waals surface area contributed by atoms with Gasteiger partial charge in [0.05, 0.1) is 13.2 Å². The largest absolute Gasteiger partial charge is 0.377 e. The molecule has 0 bridgehead atoms. The second kappa shape index (κ2) is 6.13. The number of ether oxygens (including phenoxy) is 2. The minimum atomic E-state index is 0.711. The lowest BCUT2D eigenvalue weighted by molar-refractivity contribution is 0.120. The minimum Gasteiger partial charge on any atom is -0.377 e. The highest BCUT2D eigenvalue weighted by atomic mass is 32.1. The van der Waals surface area contributed by atoms with Crippen LogP contribution < -0.4 is 0 Å². The molecule has 1 rings (SSSR count). The average Bonchev–Trinajstić information content (AvgIpc) is 2.59. The van der Waals surface area contributed by atoms with Crippen LogP contribution in [0.1, 0.15) is 25.0 Å². The number of rotatable bonds is 6. The van der Waals surface area contributed by atoms with E-state index in [0.29, 0.717) is 13.2 Å². The molecule has 1 aromatic heterocycles. The molecule has 0 unspecified atom stereocenters. The molecule has 0 saturated heterocycles. The van der Waals surface area contributed by atoms with E-state index in [-0.39, 0.29) is 0 Å². The van der Waals surface area contributed by atoms with Crippen LogP contribution in [0.5, 0.6) is 0 Å². The zero-order valence-corrected chi connectivity index (χ0v) is 9.02. The van der Waals surface area contributed by atoms with Crippen LogP contribution in [-0.2, 0) is 22.7 Å². The Balaban J connectivity index is 2.45. The Morgan fingerprint density at radius 2 is 1.46 bits per heavy atom. The van der Waals surface area contributed by atoms with E-state index in [0.717, 1.165) is 13.2 Å². The maximum absolute atomic E-state index is 5.35. The Hall–Kier alpha value is -0.380. The molecule has 1 aromatic rings. The maximum atomic E-state index is 5.35. The van der Waals surface area contributed by atoms with E-state index in [9.17, 15) is 0 Å². The predicted octanol–water partition coefficient (Wildman–Crippen LogP) is 2.82. The van der Waals surface area contributed by atoms with Crippen LogP contribution >= 0.6 is 11.3 Å². The Morgan fingerprint density at radius 3 is 1.85 bits per heavy atom.